The second-order valence-corrected chi connectivity index (χ2v) is 3.82. The lowest BCUT2D eigenvalue weighted by Crippen LogP contribution is -1.96. The minimum Gasteiger partial charge on any atom is -0.467 e. The zero-order valence-corrected chi connectivity index (χ0v) is 9.91. The number of ether oxygens (including phenoxy) is 1. The van der Waals surface area contributed by atoms with E-state index in [0.717, 1.165) is 11.8 Å². The molecule has 0 saturated heterocycles. The van der Waals surface area contributed by atoms with Gasteiger partial charge in [0.2, 0.25) is 16.3 Å². The predicted molar refractivity (Wildman–Crippen MR) is 54.5 cm³/mol. The predicted octanol–water partition coefficient (Wildman–Crippen LogP) is 1.38. The van der Waals surface area contributed by atoms with Crippen LogP contribution in [-0.4, -0.2) is 32.3 Å². The van der Waals surface area contributed by atoms with E-state index < -0.39 is 0 Å². The van der Waals surface area contributed by atoms with Crippen LogP contribution in [0.3, 0.4) is 0 Å². The van der Waals surface area contributed by atoms with Crippen molar-refractivity contribution in [2.75, 3.05) is 7.11 Å². The molecule has 0 atom stereocenters. The molecule has 0 aromatic carbocycles. The number of hydrogen-bond acceptors (Lipinski definition) is 8. The van der Waals surface area contributed by atoms with Gasteiger partial charge < -0.3 is 9.15 Å². The molecule has 0 N–H and O–H groups in total. The first kappa shape index (κ1) is 11.1. The zero-order valence-electron chi connectivity index (χ0n) is 8.34. The summed E-state index contributed by atoms with van der Waals surface area (Å²) in [5.74, 6) is 0.467. The highest BCUT2D eigenvalue weighted by molar-refractivity contribution is 7.98. The van der Waals surface area contributed by atoms with E-state index in [0.29, 0.717) is 16.3 Å². The normalized spacial score (nSPS) is 10.4. The van der Waals surface area contributed by atoms with Crippen molar-refractivity contribution in [1.29, 1.82) is 0 Å². The molecule has 0 aliphatic rings. The Bertz CT molecular complexity index is 505. The number of hydrogen-bond donors (Lipinski definition) is 0. The third-order valence-electron chi connectivity index (χ3n) is 1.44. The van der Waals surface area contributed by atoms with Gasteiger partial charge in [-0.25, -0.2) is 0 Å². The molecular formula is C7H6ClN5O2S. The van der Waals surface area contributed by atoms with Crippen LogP contribution in [0.25, 0.3) is 0 Å². The van der Waals surface area contributed by atoms with Gasteiger partial charge in [0.15, 0.2) is 0 Å². The molecule has 0 aliphatic heterocycles. The first-order valence-electron chi connectivity index (χ1n) is 4.11. The molecule has 2 aromatic rings. The van der Waals surface area contributed by atoms with E-state index in [2.05, 4.69) is 25.1 Å². The number of nitrogens with zero attached hydrogens (tertiary/aromatic N) is 5. The van der Waals surface area contributed by atoms with Crippen molar-refractivity contribution in [3.63, 3.8) is 0 Å². The van der Waals surface area contributed by atoms with Crippen molar-refractivity contribution in [2.45, 2.75) is 17.3 Å². The van der Waals surface area contributed by atoms with Gasteiger partial charge in [0, 0.05) is 18.7 Å². The molecule has 0 fully saturated rings. The molecular weight excluding hydrogens is 254 g/mol. The molecule has 0 aliphatic carbocycles. The lowest BCUT2D eigenvalue weighted by atomic mass is 10.8. The smallest absolute Gasteiger partial charge is 0.321 e. The Morgan fingerprint density at radius 2 is 2.06 bits per heavy atom. The van der Waals surface area contributed by atoms with E-state index in [1.54, 1.807) is 6.92 Å². The molecule has 0 bridgehead atoms. The Morgan fingerprint density at radius 1 is 1.25 bits per heavy atom. The summed E-state index contributed by atoms with van der Waals surface area (Å²) < 4.78 is 10.0. The zero-order chi connectivity index (χ0) is 11.5. The third kappa shape index (κ3) is 2.58. The van der Waals surface area contributed by atoms with E-state index in [4.69, 9.17) is 20.8 Å². The van der Waals surface area contributed by atoms with Gasteiger partial charge in [-0.2, -0.15) is 15.0 Å². The van der Waals surface area contributed by atoms with Crippen molar-refractivity contribution in [3.8, 4) is 6.01 Å². The monoisotopic (exact) mass is 259 g/mol. The molecule has 2 aromatic heterocycles. The van der Waals surface area contributed by atoms with Crippen molar-refractivity contribution in [1.82, 2.24) is 25.1 Å². The quantitative estimate of drug-likeness (QED) is 0.817. The topological polar surface area (TPSA) is 86.8 Å². The Balaban J connectivity index is 2.24. The molecule has 0 amide bonds. The van der Waals surface area contributed by atoms with Crippen LogP contribution in [0.1, 0.15) is 5.89 Å². The van der Waals surface area contributed by atoms with Gasteiger partial charge in [0.05, 0.1) is 7.11 Å². The fourth-order valence-electron chi connectivity index (χ4n) is 0.849. The van der Waals surface area contributed by atoms with Gasteiger partial charge in [-0.3, -0.25) is 0 Å². The number of aryl methyl sites for hydroxylation is 1. The lowest BCUT2D eigenvalue weighted by Gasteiger charge is -1.99. The van der Waals surface area contributed by atoms with Crippen LogP contribution in [0.15, 0.2) is 14.8 Å². The van der Waals surface area contributed by atoms with Gasteiger partial charge in [-0.05, 0) is 11.6 Å². The van der Waals surface area contributed by atoms with Crippen LogP contribution in [0.5, 0.6) is 6.01 Å². The highest BCUT2D eigenvalue weighted by Crippen LogP contribution is 2.24. The number of aromatic nitrogens is 5. The summed E-state index contributed by atoms with van der Waals surface area (Å²) in [5, 5.41) is 8.18. The van der Waals surface area contributed by atoms with Gasteiger partial charge in [0.1, 0.15) is 0 Å². The Labute approximate surface area is 99.6 Å². The van der Waals surface area contributed by atoms with Crippen molar-refractivity contribution < 1.29 is 9.15 Å². The van der Waals surface area contributed by atoms with E-state index in [1.165, 1.54) is 7.11 Å². The average Bonchev–Trinajstić information content (AvgIpc) is 2.63. The number of rotatable bonds is 3. The molecule has 0 saturated carbocycles. The van der Waals surface area contributed by atoms with Gasteiger partial charge >= 0.3 is 6.01 Å². The maximum Gasteiger partial charge on any atom is 0.321 e. The van der Waals surface area contributed by atoms with Crippen LogP contribution in [0, 0.1) is 6.92 Å². The summed E-state index contributed by atoms with van der Waals surface area (Å²) >= 11 is 6.76. The largest absolute Gasteiger partial charge is 0.467 e. The molecule has 0 unspecified atom stereocenters. The Kier molecular flexibility index (Phi) is 3.20. The first-order valence-corrected chi connectivity index (χ1v) is 5.30. The summed E-state index contributed by atoms with van der Waals surface area (Å²) in [4.78, 5) is 11.6. The number of halogens is 1. The van der Waals surface area contributed by atoms with Crippen LogP contribution < -0.4 is 4.74 Å². The summed E-state index contributed by atoms with van der Waals surface area (Å²) in [6.07, 6.45) is 0. The van der Waals surface area contributed by atoms with E-state index in [9.17, 15) is 0 Å². The molecule has 84 valence electrons. The maximum atomic E-state index is 5.68. The maximum absolute atomic E-state index is 5.68. The summed E-state index contributed by atoms with van der Waals surface area (Å²) in [5.41, 5.74) is 0. The summed E-state index contributed by atoms with van der Waals surface area (Å²) in [7, 11) is 1.44. The Morgan fingerprint density at radius 3 is 2.69 bits per heavy atom. The molecule has 0 radical (unpaired) electrons. The fraction of sp³-hybridized carbons (Fsp3) is 0.286. The minimum absolute atomic E-state index is 0.0468. The minimum atomic E-state index is 0.0468. The SMILES string of the molecule is COc1nc(Cl)nc(Sc2nnc(C)o2)n1. The van der Waals surface area contributed by atoms with Crippen molar-refractivity contribution >= 4 is 23.4 Å². The highest BCUT2D eigenvalue weighted by Gasteiger charge is 2.10. The standard InChI is InChI=1S/C7H6ClN5O2S/c1-3-12-13-7(15-3)16-6-10-4(8)9-5(11-6)14-2/h1-2H3. The first-order chi connectivity index (χ1) is 7.67. The van der Waals surface area contributed by atoms with Crippen LogP contribution in [-0.2, 0) is 0 Å². The molecule has 2 rings (SSSR count). The van der Waals surface area contributed by atoms with Crippen LogP contribution in [0.2, 0.25) is 5.28 Å². The van der Waals surface area contributed by atoms with Crippen molar-refractivity contribution in [3.05, 3.63) is 11.2 Å². The van der Waals surface area contributed by atoms with Crippen LogP contribution in [0.4, 0.5) is 0 Å². The lowest BCUT2D eigenvalue weighted by molar-refractivity contribution is 0.372. The van der Waals surface area contributed by atoms with E-state index in [-0.39, 0.29) is 11.3 Å². The Hall–Kier alpha value is -1.41. The molecule has 9 heteroatoms. The molecule has 0 spiro atoms. The van der Waals surface area contributed by atoms with Crippen molar-refractivity contribution in [2.24, 2.45) is 0 Å². The third-order valence-corrected chi connectivity index (χ3v) is 2.31. The second kappa shape index (κ2) is 4.62. The summed E-state index contributed by atoms with van der Waals surface area (Å²) in [6, 6.07) is 0.138. The second-order valence-electron chi connectivity index (χ2n) is 2.56. The summed E-state index contributed by atoms with van der Waals surface area (Å²) in [6.45, 7) is 1.69. The molecule has 7 nitrogen and oxygen atoms in total. The van der Waals surface area contributed by atoms with Crippen LogP contribution >= 0.6 is 23.4 Å². The fourth-order valence-corrected chi connectivity index (χ4v) is 1.71. The highest BCUT2D eigenvalue weighted by atomic mass is 35.5. The van der Waals surface area contributed by atoms with Gasteiger partial charge in [-0.15, -0.1) is 10.2 Å². The molecule has 2 heterocycles. The van der Waals surface area contributed by atoms with E-state index in [1.807, 2.05) is 0 Å². The van der Waals surface area contributed by atoms with E-state index >= 15 is 0 Å². The molecule has 16 heavy (non-hydrogen) atoms. The van der Waals surface area contributed by atoms with Gasteiger partial charge in [0.25, 0.3) is 5.22 Å². The average molecular weight is 260 g/mol. The number of methoxy groups -OCH3 is 1. The van der Waals surface area contributed by atoms with Gasteiger partial charge in [-0.1, -0.05) is 0 Å².